The predicted molar refractivity (Wildman–Crippen MR) is 140 cm³/mol. The van der Waals surface area contributed by atoms with Crippen molar-refractivity contribution >= 4 is 17.0 Å². The van der Waals surface area contributed by atoms with Crippen molar-refractivity contribution in [2.24, 2.45) is 34.5 Å². The fourth-order valence-corrected chi connectivity index (χ4v) is 5.75. The molecule has 0 N–H and O–H groups in total. The number of hydrogen-bond acceptors (Lipinski definition) is 0. The number of allylic oxidation sites excluding steroid dienone is 8. The minimum atomic E-state index is -0.826. The van der Waals surface area contributed by atoms with E-state index in [-0.39, 0.29) is 14.9 Å². The van der Waals surface area contributed by atoms with Crippen LogP contribution in [0.5, 0.6) is 0 Å². The standard InChI is InChI=1S/C13H24.C13H16.2CH3.2ClH.Zr/c2*1-13(2,11-7-3-4-8-11)12-9-5-6-10-12;;;;;/h11-12H,3-10H2,1-2H3;3-12H,1-2H3;2*1H3;2*1H;/q;;2*-1;;;+4/p-2. The van der Waals surface area contributed by atoms with Gasteiger partial charge in [-0.05, 0) is 48.3 Å². The molecule has 0 unspecified atom stereocenters. The third-order valence-electron chi connectivity index (χ3n) is 8.03. The molecule has 0 atom stereocenters. The molecule has 0 nitrogen and oxygen atoms in total. The molecule has 0 amide bonds. The van der Waals surface area contributed by atoms with Crippen LogP contribution in [0.25, 0.3) is 0 Å². The second-order valence-corrected chi connectivity index (χ2v) is 14.0. The van der Waals surface area contributed by atoms with E-state index in [1.54, 1.807) is 0 Å². The van der Waals surface area contributed by atoms with Crippen molar-refractivity contribution in [1.29, 1.82) is 0 Å². The molecule has 2 fully saturated rings. The second kappa shape index (κ2) is 15.3. The zero-order chi connectivity index (χ0) is 21.3. The summed E-state index contributed by atoms with van der Waals surface area (Å²) in [7, 11) is 9.87. The third-order valence-corrected chi connectivity index (χ3v) is 8.03. The summed E-state index contributed by atoms with van der Waals surface area (Å²) in [5.74, 6) is 3.28. The maximum atomic E-state index is 4.93. The van der Waals surface area contributed by atoms with E-state index in [1.165, 1.54) is 51.4 Å². The topological polar surface area (TPSA) is 0 Å². The summed E-state index contributed by atoms with van der Waals surface area (Å²) < 4.78 is 0. The molecule has 0 aromatic carbocycles. The summed E-state index contributed by atoms with van der Waals surface area (Å²) in [6.07, 6.45) is 29.8. The van der Waals surface area contributed by atoms with Gasteiger partial charge in [-0.3, -0.25) is 0 Å². The van der Waals surface area contributed by atoms with Crippen molar-refractivity contribution in [2.45, 2.75) is 79.1 Å². The Morgan fingerprint density at radius 1 is 0.581 bits per heavy atom. The SMILES string of the molecule is CC(C)(C1C=CC=C1)C1C=CC=C1.CC(C)(C1CCCC1)C1CCCC1.[CH3-].[CH3-].[Cl][Zr+2][Cl]. The summed E-state index contributed by atoms with van der Waals surface area (Å²) in [5.41, 5.74) is 0.972. The zero-order valence-corrected chi connectivity index (χ0v) is 24.8. The molecule has 0 radical (unpaired) electrons. The Kier molecular flexibility index (Phi) is 15.6. The first-order valence-corrected chi connectivity index (χ1v) is 17.8. The Morgan fingerprint density at radius 2 is 0.839 bits per heavy atom. The van der Waals surface area contributed by atoms with E-state index in [0.29, 0.717) is 22.7 Å². The van der Waals surface area contributed by atoms with Crippen LogP contribution in [0.3, 0.4) is 0 Å². The monoisotopic (exact) mass is 542 g/mol. The van der Waals surface area contributed by atoms with Gasteiger partial charge in [-0.25, -0.2) is 0 Å². The maximum absolute atomic E-state index is 4.93. The average Bonchev–Trinajstić information content (AvgIpc) is 3.52. The van der Waals surface area contributed by atoms with E-state index in [2.05, 4.69) is 76.3 Å². The van der Waals surface area contributed by atoms with Crippen molar-refractivity contribution in [1.82, 2.24) is 0 Å². The molecule has 0 aromatic heterocycles. The summed E-state index contributed by atoms with van der Waals surface area (Å²) in [5, 5.41) is 0. The molecule has 0 bridgehead atoms. The Labute approximate surface area is 213 Å². The van der Waals surface area contributed by atoms with Crippen LogP contribution < -0.4 is 0 Å². The molecule has 31 heavy (non-hydrogen) atoms. The first-order valence-electron chi connectivity index (χ1n) is 11.5. The molecule has 0 heterocycles. The summed E-state index contributed by atoms with van der Waals surface area (Å²) in [4.78, 5) is 0. The number of rotatable bonds is 4. The molecule has 2 saturated carbocycles. The van der Waals surface area contributed by atoms with Gasteiger partial charge in [0.1, 0.15) is 0 Å². The van der Waals surface area contributed by atoms with E-state index in [4.69, 9.17) is 17.0 Å². The van der Waals surface area contributed by atoms with Crippen molar-refractivity contribution in [3.63, 3.8) is 0 Å². The Balaban J connectivity index is 0.000000488. The van der Waals surface area contributed by atoms with Gasteiger partial charge < -0.3 is 14.9 Å². The van der Waals surface area contributed by atoms with Gasteiger partial charge in [-0.1, -0.05) is 102 Å². The van der Waals surface area contributed by atoms with Gasteiger partial charge in [0.2, 0.25) is 0 Å². The summed E-state index contributed by atoms with van der Waals surface area (Å²) in [6.45, 7) is 9.75. The Bertz CT molecular complexity index is 516. The average molecular weight is 545 g/mol. The molecular weight excluding hydrogens is 498 g/mol. The van der Waals surface area contributed by atoms with Crippen LogP contribution in [-0.4, -0.2) is 0 Å². The van der Waals surface area contributed by atoms with Crippen LogP contribution in [0.4, 0.5) is 0 Å². The zero-order valence-electron chi connectivity index (χ0n) is 20.8. The van der Waals surface area contributed by atoms with Crippen LogP contribution in [0.1, 0.15) is 79.1 Å². The predicted octanol–water partition coefficient (Wildman–Crippen LogP) is 10.2. The van der Waals surface area contributed by atoms with E-state index >= 15 is 0 Å². The summed E-state index contributed by atoms with van der Waals surface area (Å²) >= 11 is -0.826. The molecule has 0 aromatic rings. The van der Waals surface area contributed by atoms with E-state index < -0.39 is 20.8 Å². The van der Waals surface area contributed by atoms with Crippen LogP contribution >= 0.6 is 17.0 Å². The van der Waals surface area contributed by atoms with Gasteiger partial charge in [-0.2, -0.15) is 0 Å². The van der Waals surface area contributed by atoms with Gasteiger partial charge in [-0.15, -0.1) is 0 Å². The van der Waals surface area contributed by atoms with Crippen molar-refractivity contribution in [3.8, 4) is 0 Å². The molecule has 3 heteroatoms. The van der Waals surface area contributed by atoms with Crippen LogP contribution in [-0.2, 0) is 20.8 Å². The molecule has 0 aliphatic heterocycles. The van der Waals surface area contributed by atoms with E-state index in [0.717, 1.165) is 11.8 Å². The normalized spacial score (nSPS) is 21.1. The summed E-state index contributed by atoms with van der Waals surface area (Å²) in [6, 6.07) is 0. The molecule has 0 saturated heterocycles. The van der Waals surface area contributed by atoms with Crippen molar-refractivity contribution in [3.05, 3.63) is 63.5 Å². The van der Waals surface area contributed by atoms with Gasteiger partial charge >= 0.3 is 37.9 Å². The van der Waals surface area contributed by atoms with Crippen LogP contribution in [0, 0.1) is 49.4 Å². The van der Waals surface area contributed by atoms with Crippen molar-refractivity contribution < 1.29 is 20.8 Å². The number of hydrogen-bond donors (Lipinski definition) is 0. The van der Waals surface area contributed by atoms with Gasteiger partial charge in [0.25, 0.3) is 0 Å². The first-order chi connectivity index (χ1) is 13.8. The fourth-order valence-electron chi connectivity index (χ4n) is 5.75. The van der Waals surface area contributed by atoms with Gasteiger partial charge in [0.05, 0.1) is 0 Å². The molecule has 4 aliphatic rings. The third kappa shape index (κ3) is 8.94. The molecule has 4 aliphatic carbocycles. The van der Waals surface area contributed by atoms with Crippen LogP contribution in [0.2, 0.25) is 0 Å². The first kappa shape index (κ1) is 31.4. The molecular formula is C28H46Cl2Zr. The second-order valence-electron chi connectivity index (χ2n) is 10.3. The van der Waals surface area contributed by atoms with Crippen molar-refractivity contribution in [2.75, 3.05) is 0 Å². The molecule has 4 rings (SSSR count). The van der Waals surface area contributed by atoms with Gasteiger partial charge in [0.15, 0.2) is 0 Å². The fraction of sp³-hybridized carbons (Fsp3) is 0.643. The Morgan fingerprint density at radius 3 is 1.10 bits per heavy atom. The minimum absolute atomic E-state index is 0. The van der Waals surface area contributed by atoms with Gasteiger partial charge in [0, 0.05) is 11.8 Å². The molecule has 176 valence electrons. The Hall–Kier alpha value is 0.423. The van der Waals surface area contributed by atoms with E-state index in [1.807, 2.05) is 0 Å². The number of halogens is 2. The van der Waals surface area contributed by atoms with E-state index in [9.17, 15) is 0 Å². The quantitative estimate of drug-likeness (QED) is 0.309. The molecule has 0 spiro atoms. The van der Waals surface area contributed by atoms with Crippen LogP contribution in [0.15, 0.2) is 48.6 Å².